The first-order chi connectivity index (χ1) is 11.3. The van der Waals surface area contributed by atoms with Crippen LogP contribution in [0, 0.1) is 0 Å². The fourth-order valence-corrected chi connectivity index (χ4v) is 2.36. The Balaban J connectivity index is 2.03. The van der Waals surface area contributed by atoms with Crippen molar-refractivity contribution in [3.63, 3.8) is 0 Å². The Bertz CT molecular complexity index is 689. The van der Waals surface area contributed by atoms with Crippen LogP contribution in [0.2, 0.25) is 0 Å². The summed E-state index contributed by atoms with van der Waals surface area (Å²) in [6.45, 7) is 10.9. The van der Waals surface area contributed by atoms with E-state index in [-0.39, 0.29) is 12.6 Å². The van der Waals surface area contributed by atoms with Gasteiger partial charge in [0.05, 0.1) is 5.71 Å². The lowest BCUT2D eigenvalue weighted by Crippen LogP contribution is -2.35. The largest absolute Gasteiger partial charge is 0.491 e. The van der Waals surface area contributed by atoms with Gasteiger partial charge in [-0.2, -0.15) is 0 Å². The lowest BCUT2D eigenvalue weighted by molar-refractivity contribution is 0.105. The number of furan rings is 1. The molecule has 0 radical (unpaired) electrons. The van der Waals surface area contributed by atoms with Crippen molar-refractivity contribution in [1.82, 2.24) is 5.32 Å². The zero-order valence-corrected chi connectivity index (χ0v) is 15.2. The van der Waals surface area contributed by atoms with Gasteiger partial charge in [0, 0.05) is 24.0 Å². The van der Waals surface area contributed by atoms with Crippen LogP contribution < -0.4 is 10.1 Å². The predicted molar refractivity (Wildman–Crippen MR) is 98.2 cm³/mol. The molecule has 0 aliphatic heterocycles. The molecule has 0 aliphatic rings. The summed E-state index contributed by atoms with van der Waals surface area (Å²) in [7, 11) is 0. The fourth-order valence-electron chi connectivity index (χ4n) is 2.36. The summed E-state index contributed by atoms with van der Waals surface area (Å²) in [5.74, 6) is 1.49. The number of aliphatic hydroxyl groups is 1. The minimum Gasteiger partial charge on any atom is -0.491 e. The van der Waals surface area contributed by atoms with Gasteiger partial charge in [-0.15, -0.1) is 0 Å². The maximum absolute atomic E-state index is 9.91. The van der Waals surface area contributed by atoms with Gasteiger partial charge in [-0.1, -0.05) is 13.8 Å². The smallest absolute Gasteiger partial charge is 0.148 e. The second-order valence-corrected chi connectivity index (χ2v) is 6.65. The van der Waals surface area contributed by atoms with Crippen LogP contribution in [-0.4, -0.2) is 42.2 Å². The molecule has 1 heterocycles. The van der Waals surface area contributed by atoms with Gasteiger partial charge in [0.2, 0.25) is 0 Å². The molecule has 132 valence electrons. The molecule has 0 amide bonds. The number of hydrogen-bond acceptors (Lipinski definition) is 5. The van der Waals surface area contributed by atoms with Crippen LogP contribution in [0.3, 0.4) is 0 Å². The Hall–Kier alpha value is -1.85. The Morgan fingerprint density at radius 1 is 1.25 bits per heavy atom. The van der Waals surface area contributed by atoms with Gasteiger partial charge in [-0.3, -0.25) is 4.99 Å². The Morgan fingerprint density at radius 2 is 2.00 bits per heavy atom. The molecule has 1 atom stereocenters. The van der Waals surface area contributed by atoms with Crippen LogP contribution >= 0.6 is 0 Å². The van der Waals surface area contributed by atoms with Crippen LogP contribution in [0.25, 0.3) is 11.0 Å². The molecule has 1 aromatic carbocycles. The standard InChI is InChI=1S/C19H28N2O3/c1-12(2)20-10-16(22)11-23-17-6-7-18-15(8-17)9-19(24-18)14(5)21-13(3)4/h6-9,12-13,16,20,22H,10-11H2,1-5H3/b21-14+. The van der Waals surface area contributed by atoms with Gasteiger partial charge in [0.25, 0.3) is 0 Å². The number of rotatable bonds is 8. The van der Waals surface area contributed by atoms with Crippen LogP contribution in [0.4, 0.5) is 0 Å². The molecule has 24 heavy (non-hydrogen) atoms. The number of aliphatic hydroxyl groups excluding tert-OH is 1. The summed E-state index contributed by atoms with van der Waals surface area (Å²) < 4.78 is 11.5. The second-order valence-electron chi connectivity index (χ2n) is 6.65. The van der Waals surface area contributed by atoms with Gasteiger partial charge in [-0.05, 0) is 45.0 Å². The lowest BCUT2D eigenvalue weighted by atomic mass is 10.2. The predicted octanol–water partition coefficient (Wildman–Crippen LogP) is 3.39. The topological polar surface area (TPSA) is 67.0 Å². The van der Waals surface area contributed by atoms with Crippen LogP contribution in [0.1, 0.15) is 40.4 Å². The molecule has 2 aromatic rings. The molecule has 1 aromatic heterocycles. The summed E-state index contributed by atoms with van der Waals surface area (Å²) in [5, 5.41) is 14.1. The van der Waals surface area contributed by atoms with Crippen molar-refractivity contribution in [3.05, 3.63) is 30.0 Å². The molecule has 0 saturated heterocycles. The first-order valence-corrected chi connectivity index (χ1v) is 8.47. The average Bonchev–Trinajstić information content (AvgIpc) is 2.93. The van der Waals surface area contributed by atoms with E-state index in [0.29, 0.717) is 12.6 Å². The summed E-state index contributed by atoms with van der Waals surface area (Å²) in [6.07, 6.45) is -0.538. The van der Waals surface area contributed by atoms with E-state index in [1.165, 1.54) is 0 Å². The molecule has 2 N–H and O–H groups in total. The third kappa shape index (κ3) is 5.35. The zero-order valence-electron chi connectivity index (χ0n) is 15.2. The minimum absolute atomic E-state index is 0.234. The zero-order chi connectivity index (χ0) is 17.7. The highest BCUT2D eigenvalue weighted by Gasteiger charge is 2.10. The quantitative estimate of drug-likeness (QED) is 0.727. The third-order valence-corrected chi connectivity index (χ3v) is 3.50. The SMILES string of the molecule is C/C(=N\C(C)C)c1cc2cc(OCC(O)CNC(C)C)ccc2o1. The maximum Gasteiger partial charge on any atom is 0.148 e. The summed E-state index contributed by atoms with van der Waals surface area (Å²) in [6, 6.07) is 8.21. The van der Waals surface area contributed by atoms with E-state index < -0.39 is 6.10 Å². The molecule has 0 aliphatic carbocycles. The molecule has 5 heteroatoms. The van der Waals surface area contributed by atoms with Gasteiger partial charge in [-0.25, -0.2) is 0 Å². The molecule has 2 rings (SSSR count). The highest BCUT2D eigenvalue weighted by atomic mass is 16.5. The van der Waals surface area contributed by atoms with Crippen LogP contribution in [0.5, 0.6) is 5.75 Å². The van der Waals surface area contributed by atoms with Crippen molar-refractivity contribution in [2.75, 3.05) is 13.2 Å². The molecular formula is C19H28N2O3. The number of nitrogens with zero attached hydrogens (tertiary/aromatic N) is 1. The Labute approximate surface area is 143 Å². The Kier molecular flexibility index (Phi) is 6.40. The van der Waals surface area contributed by atoms with Crippen LogP contribution in [0.15, 0.2) is 33.7 Å². The van der Waals surface area contributed by atoms with E-state index in [0.717, 1.165) is 28.2 Å². The molecule has 0 saturated carbocycles. The molecule has 5 nitrogen and oxygen atoms in total. The molecule has 0 bridgehead atoms. The first-order valence-electron chi connectivity index (χ1n) is 8.47. The van der Waals surface area contributed by atoms with E-state index in [9.17, 15) is 5.11 Å². The van der Waals surface area contributed by atoms with Crippen molar-refractivity contribution in [1.29, 1.82) is 0 Å². The summed E-state index contributed by atoms with van der Waals surface area (Å²) >= 11 is 0. The van der Waals surface area contributed by atoms with E-state index in [4.69, 9.17) is 9.15 Å². The van der Waals surface area contributed by atoms with E-state index in [1.54, 1.807) is 0 Å². The van der Waals surface area contributed by atoms with Crippen molar-refractivity contribution >= 4 is 16.7 Å². The van der Waals surface area contributed by atoms with E-state index in [1.807, 2.05) is 58.9 Å². The molecular weight excluding hydrogens is 304 g/mol. The van der Waals surface area contributed by atoms with Crippen molar-refractivity contribution in [3.8, 4) is 5.75 Å². The highest BCUT2D eigenvalue weighted by Crippen LogP contribution is 2.25. The van der Waals surface area contributed by atoms with E-state index in [2.05, 4.69) is 10.3 Å². The number of ether oxygens (including phenoxy) is 1. The molecule has 0 fully saturated rings. The Morgan fingerprint density at radius 3 is 2.67 bits per heavy atom. The monoisotopic (exact) mass is 332 g/mol. The molecule has 0 spiro atoms. The van der Waals surface area contributed by atoms with Gasteiger partial charge >= 0.3 is 0 Å². The molecule has 1 unspecified atom stereocenters. The van der Waals surface area contributed by atoms with Gasteiger partial charge in [0.1, 0.15) is 29.8 Å². The second kappa shape index (κ2) is 8.31. The van der Waals surface area contributed by atoms with Crippen molar-refractivity contribution in [2.45, 2.75) is 52.8 Å². The lowest BCUT2D eigenvalue weighted by Gasteiger charge is -2.14. The summed E-state index contributed by atoms with van der Waals surface area (Å²) in [4.78, 5) is 4.51. The third-order valence-electron chi connectivity index (χ3n) is 3.50. The average molecular weight is 332 g/mol. The van der Waals surface area contributed by atoms with Crippen molar-refractivity contribution in [2.24, 2.45) is 4.99 Å². The highest BCUT2D eigenvalue weighted by molar-refractivity contribution is 6.00. The number of benzene rings is 1. The number of aliphatic imine (C=N–C) groups is 1. The van der Waals surface area contributed by atoms with Crippen LogP contribution in [-0.2, 0) is 0 Å². The first kappa shape index (κ1) is 18.5. The summed E-state index contributed by atoms with van der Waals surface area (Å²) in [5.41, 5.74) is 1.69. The normalized spacial score (nSPS) is 13.9. The fraction of sp³-hybridized carbons (Fsp3) is 0.526. The maximum atomic E-state index is 9.91. The van der Waals surface area contributed by atoms with Crippen molar-refractivity contribution < 1.29 is 14.3 Å². The van der Waals surface area contributed by atoms with E-state index >= 15 is 0 Å². The van der Waals surface area contributed by atoms with Gasteiger partial charge < -0.3 is 19.6 Å². The minimum atomic E-state index is -0.538. The number of nitrogens with one attached hydrogen (secondary N) is 1. The number of hydrogen-bond donors (Lipinski definition) is 2. The number of fused-ring (bicyclic) bond motifs is 1. The van der Waals surface area contributed by atoms with Gasteiger partial charge in [0.15, 0.2) is 0 Å².